The second-order valence-corrected chi connectivity index (χ2v) is 6.50. The second kappa shape index (κ2) is 7.47. The number of rotatable bonds is 4. The minimum Gasteiger partial charge on any atom is -0.268 e. The van der Waals surface area contributed by atoms with E-state index in [9.17, 15) is 14.9 Å². The van der Waals surface area contributed by atoms with Crippen LogP contribution >= 0.6 is 0 Å². The number of hydrogen-bond donors (Lipinski definition) is 0. The SMILES string of the molecule is CC(=Cc1cc2cccnc2n(-c2cccc([N+](=O)[O-])c2)c1=O)c1cccnc1. The Labute approximate surface area is 165 Å². The normalized spacial score (nSPS) is 11.6. The fraction of sp³-hybridized carbons (Fsp3) is 0.0455. The third-order valence-corrected chi connectivity index (χ3v) is 4.58. The number of nitrogens with zero attached hydrogens (tertiary/aromatic N) is 4. The van der Waals surface area contributed by atoms with Gasteiger partial charge in [0.25, 0.3) is 11.2 Å². The van der Waals surface area contributed by atoms with Crippen molar-refractivity contribution in [2.24, 2.45) is 0 Å². The molecule has 7 nitrogen and oxygen atoms in total. The maximum Gasteiger partial charge on any atom is 0.271 e. The molecule has 0 aliphatic rings. The van der Waals surface area contributed by atoms with E-state index in [1.54, 1.807) is 48.9 Å². The lowest BCUT2D eigenvalue weighted by molar-refractivity contribution is -0.384. The molecule has 0 atom stereocenters. The van der Waals surface area contributed by atoms with Crippen molar-refractivity contribution >= 4 is 28.4 Å². The highest BCUT2D eigenvalue weighted by Crippen LogP contribution is 2.22. The van der Waals surface area contributed by atoms with E-state index >= 15 is 0 Å². The molecule has 0 aliphatic heterocycles. The lowest BCUT2D eigenvalue weighted by Crippen LogP contribution is -2.21. The number of hydrogen-bond acceptors (Lipinski definition) is 5. The van der Waals surface area contributed by atoms with Crippen molar-refractivity contribution < 1.29 is 4.92 Å². The summed E-state index contributed by atoms with van der Waals surface area (Å²) in [6, 6.07) is 15.1. The minimum atomic E-state index is -0.486. The highest BCUT2D eigenvalue weighted by molar-refractivity contribution is 5.85. The van der Waals surface area contributed by atoms with Gasteiger partial charge in [0, 0.05) is 41.7 Å². The number of nitro groups is 1. The quantitative estimate of drug-likeness (QED) is 0.387. The highest BCUT2D eigenvalue weighted by atomic mass is 16.6. The minimum absolute atomic E-state index is 0.0917. The van der Waals surface area contributed by atoms with Gasteiger partial charge >= 0.3 is 0 Å². The van der Waals surface area contributed by atoms with E-state index in [2.05, 4.69) is 9.97 Å². The van der Waals surface area contributed by atoms with Crippen LogP contribution < -0.4 is 5.56 Å². The Morgan fingerprint density at radius 3 is 2.69 bits per heavy atom. The predicted molar refractivity (Wildman–Crippen MR) is 112 cm³/mol. The van der Waals surface area contributed by atoms with E-state index in [1.165, 1.54) is 16.7 Å². The topological polar surface area (TPSA) is 90.9 Å². The Kier molecular flexibility index (Phi) is 4.70. The summed E-state index contributed by atoms with van der Waals surface area (Å²) in [5.74, 6) is 0. The van der Waals surface area contributed by atoms with E-state index in [0.29, 0.717) is 16.9 Å². The average molecular weight is 384 g/mol. The first-order valence-corrected chi connectivity index (χ1v) is 8.89. The molecule has 1 aromatic carbocycles. The summed E-state index contributed by atoms with van der Waals surface area (Å²) >= 11 is 0. The van der Waals surface area contributed by atoms with Crippen molar-refractivity contribution in [1.82, 2.24) is 14.5 Å². The molecule has 0 fully saturated rings. The van der Waals surface area contributed by atoms with Crippen LogP contribution in [-0.4, -0.2) is 19.5 Å². The summed E-state index contributed by atoms with van der Waals surface area (Å²) < 4.78 is 1.41. The van der Waals surface area contributed by atoms with Crippen molar-refractivity contribution in [3.63, 3.8) is 0 Å². The van der Waals surface area contributed by atoms with Crippen molar-refractivity contribution in [2.45, 2.75) is 6.92 Å². The number of pyridine rings is 3. The van der Waals surface area contributed by atoms with Gasteiger partial charge in [-0.05, 0) is 54.5 Å². The molecule has 0 aliphatic carbocycles. The summed E-state index contributed by atoms with van der Waals surface area (Å²) in [5, 5.41) is 11.9. The summed E-state index contributed by atoms with van der Waals surface area (Å²) in [4.78, 5) is 32.5. The van der Waals surface area contributed by atoms with Gasteiger partial charge in [0.15, 0.2) is 0 Å². The number of nitro benzene ring substituents is 1. The number of benzene rings is 1. The molecule has 0 N–H and O–H groups in total. The molecule has 3 heterocycles. The second-order valence-electron chi connectivity index (χ2n) is 6.50. The third kappa shape index (κ3) is 3.53. The Bertz CT molecular complexity index is 1310. The molecule has 0 unspecified atom stereocenters. The van der Waals surface area contributed by atoms with Gasteiger partial charge in [0.1, 0.15) is 5.65 Å². The van der Waals surface area contributed by atoms with Gasteiger partial charge in [-0.2, -0.15) is 0 Å². The largest absolute Gasteiger partial charge is 0.271 e. The molecule has 7 heteroatoms. The summed E-state index contributed by atoms with van der Waals surface area (Å²) in [7, 11) is 0. The van der Waals surface area contributed by atoms with Gasteiger partial charge in [-0.15, -0.1) is 0 Å². The van der Waals surface area contributed by atoms with Crippen LogP contribution in [0.4, 0.5) is 5.69 Å². The van der Waals surface area contributed by atoms with Gasteiger partial charge in [-0.3, -0.25) is 24.5 Å². The van der Waals surface area contributed by atoms with E-state index in [-0.39, 0.29) is 11.2 Å². The lowest BCUT2D eigenvalue weighted by atomic mass is 10.1. The number of fused-ring (bicyclic) bond motifs is 1. The number of non-ortho nitro benzene ring substituents is 1. The summed E-state index contributed by atoms with van der Waals surface area (Å²) in [6.45, 7) is 1.90. The van der Waals surface area contributed by atoms with Crippen LogP contribution in [0.1, 0.15) is 18.1 Å². The molecule has 3 aromatic heterocycles. The molecule has 0 spiro atoms. The maximum atomic E-state index is 13.3. The standard InChI is InChI=1S/C22H16N4O3/c1-15(17-6-3-9-23-14-17)11-18-12-16-5-4-10-24-21(16)25(22(18)27)19-7-2-8-20(13-19)26(28)29/h2-14H,1H3. The van der Waals surface area contributed by atoms with Crippen molar-refractivity contribution in [3.8, 4) is 5.69 Å². The molecule has 0 saturated carbocycles. The number of aromatic nitrogens is 3. The molecule has 0 radical (unpaired) electrons. The lowest BCUT2D eigenvalue weighted by Gasteiger charge is -2.11. The Morgan fingerprint density at radius 1 is 1.10 bits per heavy atom. The molecule has 142 valence electrons. The van der Waals surface area contributed by atoms with Crippen molar-refractivity contribution in [3.05, 3.63) is 105 Å². The molecule has 0 saturated heterocycles. The first-order valence-electron chi connectivity index (χ1n) is 8.89. The van der Waals surface area contributed by atoms with Gasteiger partial charge < -0.3 is 0 Å². The van der Waals surface area contributed by atoms with E-state index in [4.69, 9.17) is 0 Å². The van der Waals surface area contributed by atoms with Crippen LogP contribution in [0, 0.1) is 10.1 Å². The fourth-order valence-corrected chi connectivity index (χ4v) is 3.16. The molecular formula is C22H16N4O3. The molecule has 0 amide bonds. The maximum absolute atomic E-state index is 13.3. The average Bonchev–Trinajstić information content (AvgIpc) is 2.75. The molecular weight excluding hydrogens is 368 g/mol. The van der Waals surface area contributed by atoms with E-state index < -0.39 is 4.92 Å². The molecule has 4 rings (SSSR count). The Hall–Kier alpha value is -4.13. The fourth-order valence-electron chi connectivity index (χ4n) is 3.16. The van der Waals surface area contributed by atoms with E-state index in [0.717, 1.165) is 16.5 Å². The summed E-state index contributed by atoms with van der Waals surface area (Å²) in [6.07, 6.45) is 6.80. The smallest absolute Gasteiger partial charge is 0.268 e. The molecule has 4 aromatic rings. The zero-order valence-corrected chi connectivity index (χ0v) is 15.5. The van der Waals surface area contributed by atoms with Crippen LogP contribution in [0.2, 0.25) is 0 Å². The van der Waals surface area contributed by atoms with Crippen LogP contribution in [0.25, 0.3) is 28.4 Å². The first-order chi connectivity index (χ1) is 14.0. The van der Waals surface area contributed by atoms with Crippen molar-refractivity contribution in [2.75, 3.05) is 0 Å². The first kappa shape index (κ1) is 18.2. The van der Waals surface area contributed by atoms with Gasteiger partial charge in [0.05, 0.1) is 10.6 Å². The van der Waals surface area contributed by atoms with Crippen LogP contribution in [0.5, 0.6) is 0 Å². The Balaban J connectivity index is 1.98. The van der Waals surface area contributed by atoms with Gasteiger partial charge in [-0.25, -0.2) is 4.98 Å². The third-order valence-electron chi connectivity index (χ3n) is 4.58. The monoisotopic (exact) mass is 384 g/mol. The van der Waals surface area contributed by atoms with Crippen molar-refractivity contribution in [1.29, 1.82) is 0 Å². The van der Waals surface area contributed by atoms with Gasteiger partial charge in [-0.1, -0.05) is 12.1 Å². The van der Waals surface area contributed by atoms with Crippen LogP contribution in [-0.2, 0) is 0 Å². The molecule has 29 heavy (non-hydrogen) atoms. The molecule has 0 bridgehead atoms. The van der Waals surface area contributed by atoms with Crippen LogP contribution in [0.3, 0.4) is 0 Å². The zero-order valence-electron chi connectivity index (χ0n) is 15.5. The predicted octanol–water partition coefficient (Wildman–Crippen LogP) is 4.25. The zero-order chi connectivity index (χ0) is 20.4. The highest BCUT2D eigenvalue weighted by Gasteiger charge is 2.14. The number of allylic oxidation sites excluding steroid dienone is 1. The van der Waals surface area contributed by atoms with Crippen LogP contribution in [0.15, 0.2) is 78.0 Å². The summed E-state index contributed by atoms with van der Waals surface area (Å²) in [5.41, 5.74) is 2.67. The van der Waals surface area contributed by atoms with Gasteiger partial charge in [0.2, 0.25) is 0 Å². The Morgan fingerprint density at radius 2 is 1.93 bits per heavy atom. The van der Waals surface area contributed by atoms with E-state index in [1.807, 2.05) is 25.1 Å².